The molecule has 1 N–H and O–H groups in total. The van der Waals surface area contributed by atoms with E-state index in [0.29, 0.717) is 13.0 Å². The fraction of sp³-hybridized carbons (Fsp3) is 0.562. The quantitative estimate of drug-likeness (QED) is 0.769. The summed E-state index contributed by atoms with van der Waals surface area (Å²) in [6.07, 6.45) is 1.28. The molecule has 0 aliphatic rings. The van der Waals surface area contributed by atoms with Crippen LogP contribution >= 0.6 is 0 Å². The summed E-state index contributed by atoms with van der Waals surface area (Å²) in [7, 11) is 0. The van der Waals surface area contributed by atoms with Crippen molar-refractivity contribution in [2.24, 2.45) is 0 Å². The third-order valence-corrected chi connectivity index (χ3v) is 3.26. The van der Waals surface area contributed by atoms with Crippen LogP contribution in [0.3, 0.4) is 0 Å². The maximum absolute atomic E-state index is 11.6. The van der Waals surface area contributed by atoms with Gasteiger partial charge in [-0.2, -0.15) is 0 Å². The lowest BCUT2D eigenvalue weighted by atomic mass is 9.99. The summed E-state index contributed by atoms with van der Waals surface area (Å²) >= 11 is 0. The van der Waals surface area contributed by atoms with Gasteiger partial charge in [-0.1, -0.05) is 25.1 Å². The molecule has 19 heavy (non-hydrogen) atoms. The fourth-order valence-electron chi connectivity index (χ4n) is 2.14. The molecule has 1 aromatic carbocycles. The van der Waals surface area contributed by atoms with Crippen molar-refractivity contribution in [3.05, 3.63) is 34.9 Å². The zero-order chi connectivity index (χ0) is 14.3. The molecular formula is C16H25NO2. The molecule has 1 rings (SSSR count). The lowest BCUT2D eigenvalue weighted by Crippen LogP contribution is -2.33. The van der Waals surface area contributed by atoms with E-state index in [0.717, 1.165) is 13.0 Å². The third kappa shape index (κ3) is 5.43. The number of likely N-dealkylation sites (N-methyl/N-ethyl adjacent to an activating group) is 1. The van der Waals surface area contributed by atoms with Crippen LogP contribution in [0.4, 0.5) is 0 Å². The van der Waals surface area contributed by atoms with Crippen LogP contribution in [0.15, 0.2) is 18.2 Å². The number of ether oxygens (including phenoxy) is 1. The Kier molecular flexibility index (Phi) is 6.57. The van der Waals surface area contributed by atoms with Gasteiger partial charge in [-0.05, 0) is 50.4 Å². The van der Waals surface area contributed by atoms with Crippen LogP contribution < -0.4 is 5.32 Å². The van der Waals surface area contributed by atoms with Crippen molar-refractivity contribution in [2.45, 2.75) is 46.6 Å². The number of esters is 1. The molecule has 3 nitrogen and oxygen atoms in total. The van der Waals surface area contributed by atoms with E-state index in [4.69, 9.17) is 4.74 Å². The standard InChI is InChI=1S/C16H25NO2/c1-5-17-15(11-16(18)19-6-2)10-14-8-7-12(3)13(4)9-14/h7-9,15,17H,5-6,10-11H2,1-4H3. The second-order valence-electron chi connectivity index (χ2n) is 4.89. The molecule has 0 heterocycles. The van der Waals surface area contributed by atoms with Crippen LogP contribution in [-0.2, 0) is 16.0 Å². The topological polar surface area (TPSA) is 38.3 Å². The number of hydrogen-bond acceptors (Lipinski definition) is 3. The van der Waals surface area contributed by atoms with E-state index in [1.54, 1.807) is 0 Å². The highest BCUT2D eigenvalue weighted by Crippen LogP contribution is 2.13. The van der Waals surface area contributed by atoms with Gasteiger partial charge in [-0.3, -0.25) is 4.79 Å². The van der Waals surface area contributed by atoms with Gasteiger partial charge >= 0.3 is 5.97 Å². The second kappa shape index (κ2) is 7.95. The van der Waals surface area contributed by atoms with Crippen molar-refractivity contribution in [2.75, 3.05) is 13.2 Å². The van der Waals surface area contributed by atoms with Crippen molar-refractivity contribution < 1.29 is 9.53 Å². The number of carbonyl (C=O) groups is 1. The average Bonchev–Trinajstić information content (AvgIpc) is 2.34. The summed E-state index contributed by atoms with van der Waals surface area (Å²) in [6.45, 7) is 9.42. The van der Waals surface area contributed by atoms with Gasteiger partial charge in [0.2, 0.25) is 0 Å². The molecule has 1 unspecified atom stereocenters. The smallest absolute Gasteiger partial charge is 0.307 e. The normalized spacial score (nSPS) is 12.2. The summed E-state index contributed by atoms with van der Waals surface area (Å²) in [4.78, 5) is 11.6. The van der Waals surface area contributed by atoms with Gasteiger partial charge in [0.15, 0.2) is 0 Å². The van der Waals surface area contributed by atoms with E-state index in [1.165, 1.54) is 16.7 Å². The molecule has 0 spiro atoms. The van der Waals surface area contributed by atoms with Gasteiger partial charge in [0.25, 0.3) is 0 Å². The number of hydrogen-bond donors (Lipinski definition) is 1. The maximum Gasteiger partial charge on any atom is 0.307 e. The first-order valence-electron chi connectivity index (χ1n) is 7.02. The Labute approximate surface area is 116 Å². The SMILES string of the molecule is CCNC(CC(=O)OCC)Cc1ccc(C)c(C)c1. The van der Waals surface area contributed by atoms with Crippen molar-refractivity contribution in [3.63, 3.8) is 0 Å². The van der Waals surface area contributed by atoms with Gasteiger partial charge in [-0.15, -0.1) is 0 Å². The molecule has 0 aromatic heterocycles. The lowest BCUT2D eigenvalue weighted by molar-refractivity contribution is -0.143. The second-order valence-corrected chi connectivity index (χ2v) is 4.89. The lowest BCUT2D eigenvalue weighted by Gasteiger charge is -2.17. The van der Waals surface area contributed by atoms with Crippen molar-refractivity contribution in [1.29, 1.82) is 0 Å². The highest BCUT2D eigenvalue weighted by molar-refractivity contribution is 5.70. The molecule has 0 saturated carbocycles. The van der Waals surface area contributed by atoms with Crippen molar-refractivity contribution >= 4 is 5.97 Å². The molecule has 3 heteroatoms. The Morgan fingerprint density at radius 2 is 2.00 bits per heavy atom. The monoisotopic (exact) mass is 263 g/mol. The minimum absolute atomic E-state index is 0.128. The zero-order valence-corrected chi connectivity index (χ0v) is 12.5. The highest BCUT2D eigenvalue weighted by Gasteiger charge is 2.14. The Morgan fingerprint density at radius 3 is 2.58 bits per heavy atom. The van der Waals surface area contributed by atoms with E-state index >= 15 is 0 Å². The molecule has 106 valence electrons. The molecule has 0 bridgehead atoms. The first-order valence-corrected chi connectivity index (χ1v) is 7.02. The Morgan fingerprint density at radius 1 is 1.26 bits per heavy atom. The van der Waals surface area contributed by atoms with Gasteiger partial charge in [-0.25, -0.2) is 0 Å². The van der Waals surface area contributed by atoms with Crippen LogP contribution in [0.25, 0.3) is 0 Å². The van der Waals surface area contributed by atoms with Crippen molar-refractivity contribution in [1.82, 2.24) is 5.32 Å². The molecule has 0 saturated heterocycles. The molecule has 0 amide bonds. The number of carbonyl (C=O) groups excluding carboxylic acids is 1. The van der Waals surface area contributed by atoms with Crippen LogP contribution in [0, 0.1) is 13.8 Å². The number of benzene rings is 1. The van der Waals surface area contributed by atoms with Crippen LogP contribution in [0.2, 0.25) is 0 Å². The van der Waals surface area contributed by atoms with Gasteiger partial charge in [0.05, 0.1) is 13.0 Å². The summed E-state index contributed by atoms with van der Waals surface area (Å²) in [5.41, 5.74) is 3.86. The molecule has 1 atom stereocenters. The summed E-state index contributed by atoms with van der Waals surface area (Å²) in [6, 6.07) is 6.62. The Balaban J connectivity index is 2.66. The van der Waals surface area contributed by atoms with E-state index in [2.05, 4.69) is 44.3 Å². The number of rotatable bonds is 7. The molecule has 0 fully saturated rings. The van der Waals surface area contributed by atoms with E-state index in [1.807, 2.05) is 6.92 Å². The average molecular weight is 263 g/mol. The van der Waals surface area contributed by atoms with Crippen LogP contribution in [0.5, 0.6) is 0 Å². The van der Waals surface area contributed by atoms with Crippen LogP contribution in [-0.4, -0.2) is 25.2 Å². The zero-order valence-electron chi connectivity index (χ0n) is 12.5. The van der Waals surface area contributed by atoms with E-state index in [9.17, 15) is 4.79 Å². The fourth-order valence-corrected chi connectivity index (χ4v) is 2.14. The molecule has 1 aromatic rings. The predicted molar refractivity (Wildman–Crippen MR) is 78.3 cm³/mol. The predicted octanol–water partition coefficient (Wildman–Crippen LogP) is 2.78. The number of aryl methyl sites for hydroxylation is 2. The van der Waals surface area contributed by atoms with Gasteiger partial charge < -0.3 is 10.1 Å². The molecular weight excluding hydrogens is 238 g/mol. The van der Waals surface area contributed by atoms with Crippen molar-refractivity contribution in [3.8, 4) is 0 Å². The largest absolute Gasteiger partial charge is 0.466 e. The number of nitrogens with one attached hydrogen (secondary N) is 1. The third-order valence-electron chi connectivity index (χ3n) is 3.26. The molecule has 0 aliphatic carbocycles. The summed E-state index contributed by atoms with van der Waals surface area (Å²) in [5.74, 6) is -0.128. The van der Waals surface area contributed by atoms with Crippen LogP contribution in [0.1, 0.15) is 37.0 Å². The van der Waals surface area contributed by atoms with Gasteiger partial charge in [0.1, 0.15) is 0 Å². The highest BCUT2D eigenvalue weighted by atomic mass is 16.5. The van der Waals surface area contributed by atoms with E-state index in [-0.39, 0.29) is 12.0 Å². The first-order chi connectivity index (χ1) is 9.06. The van der Waals surface area contributed by atoms with Gasteiger partial charge in [0, 0.05) is 6.04 Å². The van der Waals surface area contributed by atoms with E-state index < -0.39 is 0 Å². The molecule has 0 aliphatic heterocycles. The summed E-state index contributed by atoms with van der Waals surface area (Å²) in [5, 5.41) is 3.35. The molecule has 0 radical (unpaired) electrons. The first kappa shape index (κ1) is 15.7. The summed E-state index contributed by atoms with van der Waals surface area (Å²) < 4.78 is 5.02. The minimum atomic E-state index is -0.128. The Bertz CT molecular complexity index is 415. The maximum atomic E-state index is 11.6. The Hall–Kier alpha value is -1.35. The minimum Gasteiger partial charge on any atom is -0.466 e.